The van der Waals surface area contributed by atoms with E-state index in [9.17, 15) is 13.2 Å². The zero-order valence-electron chi connectivity index (χ0n) is 19.5. The third kappa shape index (κ3) is 6.32. The van der Waals surface area contributed by atoms with Gasteiger partial charge in [-0.15, -0.1) is 11.3 Å². The highest BCUT2D eigenvalue weighted by Gasteiger charge is 2.27. The maximum atomic E-state index is 13.5. The van der Waals surface area contributed by atoms with Crippen LogP contribution >= 0.6 is 34.5 Å². The highest BCUT2D eigenvalue weighted by Crippen LogP contribution is 2.27. The Hall–Kier alpha value is -2.75. The summed E-state index contributed by atoms with van der Waals surface area (Å²) in [4.78, 5) is 17.6. The molecule has 0 aliphatic rings. The van der Waals surface area contributed by atoms with Crippen molar-refractivity contribution < 1.29 is 13.2 Å². The van der Waals surface area contributed by atoms with Gasteiger partial charge in [0.25, 0.3) is 0 Å². The van der Waals surface area contributed by atoms with Crippen LogP contribution in [0.25, 0.3) is 11.3 Å². The first-order chi connectivity index (χ1) is 17.1. The second-order valence-electron chi connectivity index (χ2n) is 8.20. The van der Waals surface area contributed by atoms with Gasteiger partial charge in [-0.3, -0.25) is 4.79 Å². The number of benzene rings is 3. The lowest BCUT2D eigenvalue weighted by molar-refractivity contribution is -0.116. The number of rotatable bonds is 8. The van der Waals surface area contributed by atoms with Crippen molar-refractivity contribution in [1.29, 1.82) is 0 Å². The van der Waals surface area contributed by atoms with Crippen LogP contribution in [-0.4, -0.2) is 30.2 Å². The van der Waals surface area contributed by atoms with Crippen molar-refractivity contribution >= 4 is 56.2 Å². The monoisotopic (exact) mass is 559 g/mol. The van der Waals surface area contributed by atoms with E-state index in [1.165, 1.54) is 12.1 Å². The molecule has 3 aromatic carbocycles. The number of amides is 1. The van der Waals surface area contributed by atoms with Crippen LogP contribution in [0.2, 0.25) is 10.0 Å². The van der Waals surface area contributed by atoms with Crippen LogP contribution in [0.4, 0.5) is 5.69 Å². The number of hydrogen-bond acceptors (Lipinski definition) is 5. The van der Waals surface area contributed by atoms with Crippen LogP contribution < -0.4 is 5.32 Å². The molecule has 1 aromatic heterocycles. The van der Waals surface area contributed by atoms with Gasteiger partial charge < -0.3 is 5.32 Å². The van der Waals surface area contributed by atoms with E-state index in [2.05, 4.69) is 10.3 Å². The van der Waals surface area contributed by atoms with Gasteiger partial charge in [0, 0.05) is 33.2 Å². The minimum atomic E-state index is -4.01. The molecule has 0 bridgehead atoms. The van der Waals surface area contributed by atoms with Crippen LogP contribution in [0, 0.1) is 13.8 Å². The SMILES string of the molecule is Cc1ccc(S(=O)(=O)N(CC(=O)Nc2cccc(-c3csc(C)n3)c2)Cc2ccc(Cl)cc2Cl)cc1. The third-order valence-corrected chi connectivity index (χ3v) is 8.57. The molecule has 0 fully saturated rings. The van der Waals surface area contributed by atoms with Crippen molar-refractivity contribution in [3.05, 3.63) is 98.3 Å². The molecule has 36 heavy (non-hydrogen) atoms. The number of aryl methyl sites for hydroxylation is 2. The lowest BCUT2D eigenvalue weighted by Crippen LogP contribution is -2.37. The van der Waals surface area contributed by atoms with Crippen LogP contribution in [0.1, 0.15) is 16.1 Å². The van der Waals surface area contributed by atoms with Crippen LogP contribution in [0.5, 0.6) is 0 Å². The largest absolute Gasteiger partial charge is 0.325 e. The Morgan fingerprint density at radius 3 is 2.44 bits per heavy atom. The summed E-state index contributed by atoms with van der Waals surface area (Å²) in [7, 11) is -4.01. The summed E-state index contributed by atoms with van der Waals surface area (Å²) < 4.78 is 28.2. The van der Waals surface area contributed by atoms with Crippen molar-refractivity contribution in [1.82, 2.24) is 9.29 Å². The molecule has 1 heterocycles. The van der Waals surface area contributed by atoms with E-state index in [0.29, 0.717) is 21.3 Å². The molecule has 10 heteroatoms. The van der Waals surface area contributed by atoms with Gasteiger partial charge in [0.2, 0.25) is 15.9 Å². The molecule has 0 spiro atoms. The number of halogens is 2. The first-order valence-electron chi connectivity index (χ1n) is 10.9. The van der Waals surface area contributed by atoms with Gasteiger partial charge in [-0.2, -0.15) is 4.31 Å². The average molecular weight is 561 g/mol. The van der Waals surface area contributed by atoms with Crippen molar-refractivity contribution in [2.75, 3.05) is 11.9 Å². The first-order valence-corrected chi connectivity index (χ1v) is 14.0. The minimum absolute atomic E-state index is 0.0897. The average Bonchev–Trinajstić information content (AvgIpc) is 3.27. The molecule has 0 aliphatic carbocycles. The fraction of sp³-hybridized carbons (Fsp3) is 0.154. The van der Waals surface area contributed by atoms with Gasteiger partial charge in [0.05, 0.1) is 22.1 Å². The maximum absolute atomic E-state index is 13.5. The molecule has 186 valence electrons. The van der Waals surface area contributed by atoms with E-state index in [1.54, 1.807) is 53.8 Å². The minimum Gasteiger partial charge on any atom is -0.325 e. The predicted molar refractivity (Wildman–Crippen MR) is 146 cm³/mol. The van der Waals surface area contributed by atoms with E-state index in [4.69, 9.17) is 23.2 Å². The van der Waals surface area contributed by atoms with Crippen molar-refractivity contribution in [3.8, 4) is 11.3 Å². The van der Waals surface area contributed by atoms with Crippen molar-refractivity contribution in [2.24, 2.45) is 0 Å². The number of nitrogens with one attached hydrogen (secondary N) is 1. The molecule has 0 saturated heterocycles. The maximum Gasteiger partial charge on any atom is 0.243 e. The lowest BCUT2D eigenvalue weighted by Gasteiger charge is -2.23. The Morgan fingerprint density at radius 2 is 1.78 bits per heavy atom. The van der Waals surface area contributed by atoms with E-state index in [1.807, 2.05) is 31.4 Å². The topological polar surface area (TPSA) is 79.4 Å². The van der Waals surface area contributed by atoms with E-state index in [-0.39, 0.29) is 11.4 Å². The quantitative estimate of drug-likeness (QED) is 0.265. The lowest BCUT2D eigenvalue weighted by atomic mass is 10.1. The summed E-state index contributed by atoms with van der Waals surface area (Å²) >= 11 is 13.9. The molecular formula is C26H23Cl2N3O3S2. The van der Waals surface area contributed by atoms with Crippen molar-refractivity contribution in [3.63, 3.8) is 0 Å². The molecule has 0 saturated carbocycles. The van der Waals surface area contributed by atoms with E-state index in [0.717, 1.165) is 26.1 Å². The van der Waals surface area contributed by atoms with Crippen LogP contribution in [0.15, 0.2) is 77.0 Å². The highest BCUT2D eigenvalue weighted by molar-refractivity contribution is 7.89. The number of anilines is 1. The number of hydrogen-bond donors (Lipinski definition) is 1. The summed E-state index contributed by atoms with van der Waals surface area (Å²) in [5.74, 6) is -0.484. The number of carbonyl (C=O) groups excluding carboxylic acids is 1. The fourth-order valence-electron chi connectivity index (χ4n) is 3.54. The van der Waals surface area contributed by atoms with Gasteiger partial charge in [0.1, 0.15) is 0 Å². The zero-order chi connectivity index (χ0) is 25.9. The van der Waals surface area contributed by atoms with Gasteiger partial charge in [-0.05, 0) is 55.8 Å². The molecule has 1 amide bonds. The Labute approximate surface area is 224 Å². The number of sulfonamides is 1. The Balaban J connectivity index is 1.60. The normalized spacial score (nSPS) is 11.6. The molecule has 0 radical (unpaired) electrons. The van der Waals surface area contributed by atoms with Gasteiger partial charge >= 0.3 is 0 Å². The molecule has 1 N–H and O–H groups in total. The number of aromatic nitrogens is 1. The summed E-state index contributed by atoms with van der Waals surface area (Å²) in [5, 5.41) is 6.45. The zero-order valence-corrected chi connectivity index (χ0v) is 22.7. The Bertz CT molecular complexity index is 1500. The fourth-order valence-corrected chi connectivity index (χ4v) is 6.00. The molecule has 4 aromatic rings. The summed E-state index contributed by atoms with van der Waals surface area (Å²) in [6.07, 6.45) is 0. The standard InChI is InChI=1S/C26H23Cl2N3O3S2/c1-17-6-10-23(11-7-17)36(33,34)31(14-20-8-9-21(27)13-24(20)28)15-26(32)30-22-5-3-4-19(12-22)25-16-35-18(2)29-25/h3-13,16H,14-15H2,1-2H3,(H,30,32). The molecule has 0 unspecified atom stereocenters. The van der Waals surface area contributed by atoms with Crippen LogP contribution in [-0.2, 0) is 21.4 Å². The predicted octanol–water partition coefficient (Wildman–Crippen LogP) is 6.56. The third-order valence-electron chi connectivity index (χ3n) is 5.40. The smallest absolute Gasteiger partial charge is 0.243 e. The summed E-state index contributed by atoms with van der Waals surface area (Å²) in [6, 6.07) is 18.6. The molecule has 6 nitrogen and oxygen atoms in total. The van der Waals surface area contributed by atoms with Gasteiger partial charge in [0.15, 0.2) is 0 Å². The second-order valence-corrected chi connectivity index (χ2v) is 12.0. The van der Waals surface area contributed by atoms with Crippen molar-refractivity contribution in [2.45, 2.75) is 25.3 Å². The molecule has 0 atom stereocenters. The van der Waals surface area contributed by atoms with Gasteiger partial charge in [-0.1, -0.05) is 59.1 Å². The Kier molecular flexibility index (Phi) is 8.12. The molecular weight excluding hydrogens is 537 g/mol. The summed E-state index contributed by atoms with van der Waals surface area (Å²) in [6.45, 7) is 3.29. The second kappa shape index (κ2) is 11.1. The molecule has 0 aliphatic heterocycles. The first kappa shape index (κ1) is 26.3. The van der Waals surface area contributed by atoms with E-state index < -0.39 is 22.5 Å². The summed E-state index contributed by atoms with van der Waals surface area (Å²) in [5.41, 5.74) is 3.67. The number of nitrogens with zero attached hydrogens (tertiary/aromatic N) is 2. The number of carbonyl (C=O) groups is 1. The van der Waals surface area contributed by atoms with E-state index >= 15 is 0 Å². The van der Waals surface area contributed by atoms with Crippen LogP contribution in [0.3, 0.4) is 0 Å². The Morgan fingerprint density at radius 1 is 1.03 bits per heavy atom. The number of thiazole rings is 1. The highest BCUT2D eigenvalue weighted by atomic mass is 35.5. The molecule has 4 rings (SSSR count). The van der Waals surface area contributed by atoms with Gasteiger partial charge in [-0.25, -0.2) is 13.4 Å².